The van der Waals surface area contributed by atoms with Crippen molar-refractivity contribution in [3.05, 3.63) is 11.6 Å². The van der Waals surface area contributed by atoms with E-state index in [0.29, 0.717) is 31.0 Å². The molecule has 0 aromatic rings. The first kappa shape index (κ1) is 17.4. The molecule has 2 N–H and O–H groups in total. The molecule has 25 heavy (non-hydrogen) atoms. The van der Waals surface area contributed by atoms with Crippen molar-refractivity contribution in [2.24, 2.45) is 34.5 Å². The zero-order valence-electron chi connectivity index (χ0n) is 15.3. The van der Waals surface area contributed by atoms with Crippen molar-refractivity contribution < 1.29 is 19.8 Å². The number of aliphatic hydroxyl groups is 2. The van der Waals surface area contributed by atoms with Crippen LogP contribution in [0.1, 0.15) is 58.8 Å². The third-order valence-corrected chi connectivity index (χ3v) is 8.37. The van der Waals surface area contributed by atoms with Crippen LogP contribution in [0.2, 0.25) is 0 Å². The average Bonchev–Trinajstić information content (AvgIpc) is 2.99. The van der Waals surface area contributed by atoms with Crippen molar-refractivity contribution in [3.63, 3.8) is 0 Å². The third kappa shape index (κ3) is 2.33. The molecule has 0 aromatic carbocycles. The predicted molar refractivity (Wildman–Crippen MR) is 93.7 cm³/mol. The maximum absolute atomic E-state index is 12.2. The summed E-state index contributed by atoms with van der Waals surface area (Å²) in [6.45, 7) is 4.18. The monoisotopic (exact) mass is 346 g/mol. The van der Waals surface area contributed by atoms with Crippen molar-refractivity contribution in [1.82, 2.24) is 0 Å². The first-order valence-electron chi connectivity index (χ1n) is 9.84. The lowest BCUT2D eigenvalue weighted by Gasteiger charge is -2.61. The minimum absolute atomic E-state index is 0.0224. The molecular formula is C21H30O4. The van der Waals surface area contributed by atoms with Gasteiger partial charge >= 0.3 is 0 Å². The van der Waals surface area contributed by atoms with Crippen molar-refractivity contribution >= 4 is 11.6 Å². The molecule has 0 aliphatic heterocycles. The molecule has 4 nitrogen and oxygen atoms in total. The molecule has 138 valence electrons. The molecule has 0 heterocycles. The number of fused-ring (bicyclic) bond motifs is 5. The minimum Gasteiger partial charge on any atom is -0.393 e. The molecule has 1 unspecified atom stereocenters. The lowest BCUT2D eigenvalue weighted by Crippen LogP contribution is -2.58. The Labute approximate surface area is 149 Å². The SMILES string of the molecule is C[C@@]12CC=C3CC(=O)CC[C@]3(C)[C@H]1[C@@H](O)CC1[C@@H](C(=O)CO)CC[C@H]12. The fourth-order valence-corrected chi connectivity index (χ4v) is 7.31. The van der Waals surface area contributed by atoms with Gasteiger partial charge in [0.2, 0.25) is 0 Å². The van der Waals surface area contributed by atoms with E-state index in [9.17, 15) is 19.8 Å². The van der Waals surface area contributed by atoms with Crippen LogP contribution in [0, 0.1) is 34.5 Å². The van der Waals surface area contributed by atoms with Crippen LogP contribution in [-0.2, 0) is 9.59 Å². The van der Waals surface area contributed by atoms with Crippen LogP contribution in [0.3, 0.4) is 0 Å². The molecule has 4 rings (SSSR count). The Bertz CT molecular complexity index is 638. The summed E-state index contributed by atoms with van der Waals surface area (Å²) in [5, 5.41) is 20.5. The van der Waals surface area contributed by atoms with Crippen LogP contribution >= 0.6 is 0 Å². The molecule has 4 heteroatoms. The van der Waals surface area contributed by atoms with Crippen molar-refractivity contribution in [1.29, 1.82) is 0 Å². The molecule has 4 aliphatic carbocycles. The fraction of sp³-hybridized carbons (Fsp3) is 0.810. The topological polar surface area (TPSA) is 74.6 Å². The lowest BCUT2D eigenvalue weighted by molar-refractivity contribution is -0.149. The summed E-state index contributed by atoms with van der Waals surface area (Å²) in [6.07, 6.45) is 7.28. The number of hydrogen-bond acceptors (Lipinski definition) is 4. The number of carbonyl (C=O) groups is 2. The highest BCUT2D eigenvalue weighted by Crippen LogP contribution is 2.67. The van der Waals surface area contributed by atoms with Crippen LogP contribution in [0.5, 0.6) is 0 Å². The van der Waals surface area contributed by atoms with Gasteiger partial charge in [-0.05, 0) is 60.7 Å². The van der Waals surface area contributed by atoms with Crippen molar-refractivity contribution in [2.45, 2.75) is 64.9 Å². The van der Waals surface area contributed by atoms with Gasteiger partial charge in [-0.2, -0.15) is 0 Å². The Hall–Kier alpha value is -1.00. The molecule has 0 bridgehead atoms. The highest BCUT2D eigenvalue weighted by Gasteiger charge is 2.63. The van der Waals surface area contributed by atoms with E-state index in [-0.39, 0.29) is 41.0 Å². The van der Waals surface area contributed by atoms with E-state index in [1.165, 1.54) is 5.57 Å². The highest BCUT2D eigenvalue weighted by molar-refractivity contribution is 5.83. The highest BCUT2D eigenvalue weighted by atomic mass is 16.3. The predicted octanol–water partition coefficient (Wildman–Crippen LogP) is 2.67. The van der Waals surface area contributed by atoms with Gasteiger partial charge in [-0.1, -0.05) is 25.5 Å². The Morgan fingerprint density at radius 1 is 1.32 bits per heavy atom. The van der Waals surface area contributed by atoms with Gasteiger partial charge in [-0.3, -0.25) is 9.59 Å². The molecule has 0 saturated heterocycles. The van der Waals surface area contributed by atoms with Crippen LogP contribution in [-0.4, -0.2) is 34.5 Å². The second-order valence-corrected chi connectivity index (χ2v) is 9.43. The minimum atomic E-state index is -0.430. The second-order valence-electron chi connectivity index (χ2n) is 9.43. The zero-order chi connectivity index (χ0) is 18.0. The Morgan fingerprint density at radius 3 is 2.80 bits per heavy atom. The van der Waals surface area contributed by atoms with Crippen LogP contribution in [0.25, 0.3) is 0 Å². The molecule has 7 atom stereocenters. The summed E-state index contributed by atoms with van der Waals surface area (Å²) in [7, 11) is 0. The number of allylic oxidation sites excluding steroid dienone is 2. The van der Waals surface area contributed by atoms with Gasteiger partial charge in [0, 0.05) is 18.8 Å². The summed E-state index contributed by atoms with van der Waals surface area (Å²) >= 11 is 0. The molecular weight excluding hydrogens is 316 g/mol. The first-order valence-corrected chi connectivity index (χ1v) is 9.84. The van der Waals surface area contributed by atoms with Gasteiger partial charge in [0.05, 0.1) is 6.10 Å². The Balaban J connectivity index is 1.72. The summed E-state index contributed by atoms with van der Waals surface area (Å²) in [5.74, 6) is 0.965. The third-order valence-electron chi connectivity index (χ3n) is 8.37. The number of ketones is 2. The summed E-state index contributed by atoms with van der Waals surface area (Å²) < 4.78 is 0. The molecule has 3 fully saturated rings. The molecule has 3 saturated carbocycles. The van der Waals surface area contributed by atoms with Gasteiger partial charge in [0.25, 0.3) is 0 Å². The normalized spacial score (nSPS) is 49.0. The van der Waals surface area contributed by atoms with Crippen molar-refractivity contribution in [2.75, 3.05) is 6.61 Å². The summed E-state index contributed by atoms with van der Waals surface area (Å²) in [6, 6.07) is 0. The molecule has 4 aliphatic rings. The average molecular weight is 346 g/mol. The van der Waals surface area contributed by atoms with Crippen molar-refractivity contribution in [3.8, 4) is 0 Å². The maximum Gasteiger partial charge on any atom is 0.161 e. The van der Waals surface area contributed by atoms with E-state index in [1.54, 1.807) is 0 Å². The van der Waals surface area contributed by atoms with Crippen LogP contribution in [0.15, 0.2) is 11.6 Å². The van der Waals surface area contributed by atoms with E-state index in [2.05, 4.69) is 19.9 Å². The van der Waals surface area contributed by atoms with Gasteiger partial charge in [-0.15, -0.1) is 0 Å². The standard InChI is InChI=1S/C21H30O4/c1-20-8-6-13(23)9-12(20)5-7-21(2)16-4-3-14(18(25)11-22)15(16)10-17(24)19(20)21/h5,14-17,19,22,24H,3-4,6-11H2,1-2H3/t14-,15?,16+,17-,19+,20-,21-/m0/s1. The van der Waals surface area contributed by atoms with E-state index < -0.39 is 6.10 Å². The van der Waals surface area contributed by atoms with E-state index in [4.69, 9.17) is 0 Å². The molecule has 0 spiro atoms. The zero-order valence-corrected chi connectivity index (χ0v) is 15.3. The quantitative estimate of drug-likeness (QED) is 0.754. The van der Waals surface area contributed by atoms with Gasteiger partial charge in [-0.25, -0.2) is 0 Å². The first-order chi connectivity index (χ1) is 11.8. The molecule has 0 aromatic heterocycles. The van der Waals surface area contributed by atoms with E-state index in [1.807, 2.05) is 0 Å². The van der Waals surface area contributed by atoms with Gasteiger partial charge in [0.1, 0.15) is 12.4 Å². The lowest BCUT2D eigenvalue weighted by atomic mass is 9.43. The molecule has 0 amide bonds. The Morgan fingerprint density at radius 2 is 2.08 bits per heavy atom. The van der Waals surface area contributed by atoms with Crippen LogP contribution < -0.4 is 0 Å². The summed E-state index contributed by atoms with van der Waals surface area (Å²) in [4.78, 5) is 24.1. The molecule has 0 radical (unpaired) electrons. The largest absolute Gasteiger partial charge is 0.393 e. The number of rotatable bonds is 2. The van der Waals surface area contributed by atoms with Gasteiger partial charge < -0.3 is 10.2 Å². The number of carbonyl (C=O) groups excluding carboxylic acids is 2. The smallest absolute Gasteiger partial charge is 0.161 e. The second kappa shape index (κ2) is 5.75. The van der Waals surface area contributed by atoms with Crippen LogP contribution in [0.4, 0.5) is 0 Å². The fourth-order valence-electron chi connectivity index (χ4n) is 7.31. The number of aliphatic hydroxyl groups excluding tert-OH is 2. The Kier molecular flexibility index (Phi) is 4.01. The van der Waals surface area contributed by atoms with Gasteiger partial charge in [0.15, 0.2) is 5.78 Å². The van der Waals surface area contributed by atoms with E-state index >= 15 is 0 Å². The summed E-state index contributed by atoms with van der Waals surface area (Å²) in [5.41, 5.74) is 1.13. The number of hydrogen-bond donors (Lipinski definition) is 2. The number of Topliss-reactive ketones (excluding diaryl/α,β-unsaturated/α-hetero) is 2. The van der Waals surface area contributed by atoms with E-state index in [0.717, 1.165) is 25.7 Å². The maximum atomic E-state index is 12.2.